The first kappa shape index (κ1) is 19.7. The van der Waals surface area contributed by atoms with Crippen molar-refractivity contribution in [3.05, 3.63) is 35.9 Å². The minimum absolute atomic E-state index is 0.215. The molecule has 1 aromatic rings. The predicted molar refractivity (Wildman–Crippen MR) is 96.3 cm³/mol. The third kappa shape index (κ3) is 5.45. The Bertz CT molecular complexity index is 623. The Hall–Kier alpha value is -2.61. The number of esters is 1. The van der Waals surface area contributed by atoms with Crippen molar-refractivity contribution in [2.45, 2.75) is 19.5 Å². The lowest BCUT2D eigenvalue weighted by Crippen LogP contribution is -2.62. The summed E-state index contributed by atoms with van der Waals surface area (Å²) < 4.78 is 4.54. The van der Waals surface area contributed by atoms with Crippen molar-refractivity contribution >= 4 is 17.9 Å². The minimum atomic E-state index is -0.663. The summed E-state index contributed by atoms with van der Waals surface area (Å²) in [5, 5.41) is 5.29. The van der Waals surface area contributed by atoms with Crippen LogP contribution in [0.5, 0.6) is 0 Å². The summed E-state index contributed by atoms with van der Waals surface area (Å²) in [6.45, 7) is 4.31. The number of ether oxygens (including phenoxy) is 1. The Morgan fingerprint density at radius 3 is 2.54 bits per heavy atom. The van der Waals surface area contributed by atoms with Gasteiger partial charge in [0.1, 0.15) is 12.6 Å². The summed E-state index contributed by atoms with van der Waals surface area (Å²) in [5.74, 6) is -0.890. The summed E-state index contributed by atoms with van der Waals surface area (Å²) in [6, 6.07) is 9.03. The van der Waals surface area contributed by atoms with Crippen LogP contribution >= 0.6 is 0 Å². The Labute approximate surface area is 153 Å². The lowest BCUT2D eigenvalue weighted by molar-refractivity contribution is -0.142. The molecule has 1 atom stereocenters. The second-order valence-corrected chi connectivity index (χ2v) is 6.06. The molecule has 1 aliphatic rings. The molecule has 1 unspecified atom stereocenters. The van der Waals surface area contributed by atoms with E-state index in [1.807, 2.05) is 37.3 Å². The molecule has 3 amide bonds. The average Bonchev–Trinajstić information content (AvgIpc) is 2.66. The molecule has 1 saturated heterocycles. The molecular weight excluding hydrogens is 336 g/mol. The van der Waals surface area contributed by atoms with Gasteiger partial charge in [0.15, 0.2) is 0 Å². The molecule has 1 heterocycles. The summed E-state index contributed by atoms with van der Waals surface area (Å²) in [5.41, 5.74) is 1.15. The number of methoxy groups -OCH3 is 1. The molecule has 0 aromatic heterocycles. The number of carbonyl (C=O) groups excluding carboxylic acids is 3. The Balaban J connectivity index is 2.05. The van der Waals surface area contributed by atoms with Crippen LogP contribution in [0.1, 0.15) is 12.5 Å². The maximum Gasteiger partial charge on any atom is 0.325 e. The fourth-order valence-corrected chi connectivity index (χ4v) is 2.89. The summed E-state index contributed by atoms with van der Waals surface area (Å²) in [7, 11) is 1.26. The van der Waals surface area contributed by atoms with Crippen molar-refractivity contribution in [1.82, 2.24) is 20.4 Å². The van der Waals surface area contributed by atoms with E-state index in [0.29, 0.717) is 32.7 Å². The predicted octanol–water partition coefficient (Wildman–Crippen LogP) is 0.192. The number of carbonyl (C=O) groups is 3. The smallest absolute Gasteiger partial charge is 0.325 e. The zero-order valence-corrected chi connectivity index (χ0v) is 15.2. The van der Waals surface area contributed by atoms with Crippen LogP contribution in [0.15, 0.2) is 30.3 Å². The second-order valence-electron chi connectivity index (χ2n) is 6.06. The van der Waals surface area contributed by atoms with Gasteiger partial charge in [0.2, 0.25) is 5.91 Å². The second kappa shape index (κ2) is 9.76. The SMILES string of the molecule is CCNC(=O)N1CCN(Cc2ccccc2)CC1C(=O)NCC(=O)OC. The van der Waals surface area contributed by atoms with Gasteiger partial charge in [0, 0.05) is 32.7 Å². The molecule has 0 radical (unpaired) electrons. The quantitative estimate of drug-likeness (QED) is 0.705. The van der Waals surface area contributed by atoms with Gasteiger partial charge in [-0.2, -0.15) is 0 Å². The van der Waals surface area contributed by atoms with Crippen molar-refractivity contribution < 1.29 is 19.1 Å². The van der Waals surface area contributed by atoms with E-state index in [0.717, 1.165) is 5.56 Å². The molecule has 26 heavy (non-hydrogen) atoms. The van der Waals surface area contributed by atoms with E-state index in [1.54, 1.807) is 0 Å². The first-order valence-electron chi connectivity index (χ1n) is 8.70. The number of piperazine rings is 1. The van der Waals surface area contributed by atoms with Gasteiger partial charge in [-0.25, -0.2) is 4.79 Å². The number of nitrogens with one attached hydrogen (secondary N) is 2. The highest BCUT2D eigenvalue weighted by atomic mass is 16.5. The van der Waals surface area contributed by atoms with E-state index < -0.39 is 12.0 Å². The fourth-order valence-electron chi connectivity index (χ4n) is 2.89. The number of hydrogen-bond acceptors (Lipinski definition) is 5. The van der Waals surface area contributed by atoms with E-state index >= 15 is 0 Å². The van der Waals surface area contributed by atoms with E-state index in [-0.39, 0.29) is 18.5 Å². The molecule has 2 rings (SSSR count). The lowest BCUT2D eigenvalue weighted by Gasteiger charge is -2.40. The summed E-state index contributed by atoms with van der Waals surface area (Å²) in [6.07, 6.45) is 0. The molecule has 0 spiro atoms. The van der Waals surface area contributed by atoms with Crippen molar-refractivity contribution in [2.24, 2.45) is 0 Å². The molecule has 2 N–H and O–H groups in total. The molecule has 1 fully saturated rings. The molecule has 142 valence electrons. The van der Waals surface area contributed by atoms with Crippen LogP contribution in [0.3, 0.4) is 0 Å². The van der Waals surface area contributed by atoms with E-state index in [2.05, 4.69) is 20.3 Å². The maximum absolute atomic E-state index is 12.6. The van der Waals surface area contributed by atoms with Crippen LogP contribution in [0.2, 0.25) is 0 Å². The molecule has 1 aromatic carbocycles. The van der Waals surface area contributed by atoms with Gasteiger partial charge in [-0.05, 0) is 12.5 Å². The number of nitrogens with zero attached hydrogens (tertiary/aromatic N) is 2. The van der Waals surface area contributed by atoms with Gasteiger partial charge < -0.3 is 20.3 Å². The van der Waals surface area contributed by atoms with Gasteiger partial charge in [-0.1, -0.05) is 30.3 Å². The fraction of sp³-hybridized carbons (Fsp3) is 0.500. The van der Waals surface area contributed by atoms with E-state index in [1.165, 1.54) is 12.0 Å². The summed E-state index contributed by atoms with van der Waals surface area (Å²) in [4.78, 5) is 39.8. The highest BCUT2D eigenvalue weighted by Gasteiger charge is 2.35. The Morgan fingerprint density at radius 1 is 1.15 bits per heavy atom. The molecule has 0 bridgehead atoms. The Kier molecular flexibility index (Phi) is 7.40. The van der Waals surface area contributed by atoms with Crippen LogP contribution in [-0.4, -0.2) is 73.6 Å². The minimum Gasteiger partial charge on any atom is -0.468 e. The zero-order chi connectivity index (χ0) is 18.9. The number of amides is 3. The largest absolute Gasteiger partial charge is 0.468 e. The van der Waals surface area contributed by atoms with Crippen LogP contribution < -0.4 is 10.6 Å². The number of benzene rings is 1. The van der Waals surface area contributed by atoms with Crippen LogP contribution in [-0.2, 0) is 20.9 Å². The van der Waals surface area contributed by atoms with Gasteiger partial charge in [-0.3, -0.25) is 14.5 Å². The maximum atomic E-state index is 12.6. The van der Waals surface area contributed by atoms with Gasteiger partial charge in [-0.15, -0.1) is 0 Å². The Morgan fingerprint density at radius 2 is 1.88 bits per heavy atom. The number of urea groups is 1. The zero-order valence-electron chi connectivity index (χ0n) is 15.2. The third-order valence-electron chi connectivity index (χ3n) is 4.24. The third-order valence-corrected chi connectivity index (χ3v) is 4.24. The van der Waals surface area contributed by atoms with Crippen molar-refractivity contribution in [1.29, 1.82) is 0 Å². The molecule has 0 aliphatic carbocycles. The molecular formula is C18H26N4O4. The first-order valence-corrected chi connectivity index (χ1v) is 8.70. The first-order chi connectivity index (χ1) is 12.5. The molecule has 8 heteroatoms. The lowest BCUT2D eigenvalue weighted by atomic mass is 10.1. The average molecular weight is 362 g/mol. The van der Waals surface area contributed by atoms with Crippen LogP contribution in [0, 0.1) is 0 Å². The van der Waals surface area contributed by atoms with Gasteiger partial charge in [0.05, 0.1) is 7.11 Å². The number of hydrogen-bond donors (Lipinski definition) is 2. The molecule has 0 saturated carbocycles. The van der Waals surface area contributed by atoms with E-state index in [9.17, 15) is 14.4 Å². The van der Waals surface area contributed by atoms with Crippen LogP contribution in [0.4, 0.5) is 4.79 Å². The standard InChI is InChI=1S/C18H26N4O4/c1-3-19-18(25)22-10-9-21(12-14-7-5-4-6-8-14)13-15(22)17(24)20-11-16(23)26-2/h4-8,15H,3,9-13H2,1-2H3,(H,19,25)(H,20,24). The molecule has 8 nitrogen and oxygen atoms in total. The van der Waals surface area contributed by atoms with Crippen molar-refractivity contribution in [3.8, 4) is 0 Å². The molecule has 1 aliphatic heterocycles. The topological polar surface area (TPSA) is 91.0 Å². The highest BCUT2D eigenvalue weighted by molar-refractivity contribution is 5.89. The monoisotopic (exact) mass is 362 g/mol. The highest BCUT2D eigenvalue weighted by Crippen LogP contribution is 2.14. The summed E-state index contributed by atoms with van der Waals surface area (Å²) >= 11 is 0. The van der Waals surface area contributed by atoms with Gasteiger partial charge >= 0.3 is 12.0 Å². The van der Waals surface area contributed by atoms with Gasteiger partial charge in [0.25, 0.3) is 0 Å². The van der Waals surface area contributed by atoms with Crippen molar-refractivity contribution in [3.63, 3.8) is 0 Å². The van der Waals surface area contributed by atoms with Crippen molar-refractivity contribution in [2.75, 3.05) is 39.8 Å². The normalized spacial score (nSPS) is 17.5. The van der Waals surface area contributed by atoms with E-state index in [4.69, 9.17) is 0 Å². The number of rotatable bonds is 6. The van der Waals surface area contributed by atoms with Crippen LogP contribution in [0.25, 0.3) is 0 Å².